The molecule has 0 aromatic rings. The van der Waals surface area contributed by atoms with Gasteiger partial charge in [0.25, 0.3) is 0 Å². The summed E-state index contributed by atoms with van der Waals surface area (Å²) < 4.78 is 0. The van der Waals surface area contributed by atoms with Gasteiger partial charge in [-0.25, -0.2) is 4.79 Å². The van der Waals surface area contributed by atoms with Crippen LogP contribution in [0, 0.1) is 39.4 Å². The smallest absolute Gasteiger partial charge is 0.330 e. The van der Waals surface area contributed by atoms with E-state index in [2.05, 4.69) is 34.6 Å². The molecular weight excluding hydrogens is 440 g/mol. The van der Waals surface area contributed by atoms with E-state index in [4.69, 9.17) is 5.11 Å². The van der Waals surface area contributed by atoms with Gasteiger partial charge in [0.15, 0.2) is 0 Å². The Labute approximate surface area is 210 Å². The lowest BCUT2D eigenvalue weighted by Crippen LogP contribution is -2.54. The first-order valence-electron chi connectivity index (χ1n) is 13.6. The highest BCUT2D eigenvalue weighted by molar-refractivity contribution is 5.86. The van der Waals surface area contributed by atoms with Crippen LogP contribution in [0.3, 0.4) is 0 Å². The molecule has 35 heavy (non-hydrogen) atoms. The van der Waals surface area contributed by atoms with Crippen LogP contribution in [0.25, 0.3) is 0 Å². The number of rotatable bonds is 6. The molecule has 6 unspecified atom stereocenters. The van der Waals surface area contributed by atoms with Gasteiger partial charge in [-0.2, -0.15) is 0 Å². The number of hydrogen-bond donors (Lipinski definition) is 2. The Morgan fingerprint density at radius 1 is 0.971 bits per heavy atom. The van der Waals surface area contributed by atoms with Crippen molar-refractivity contribution in [2.45, 2.75) is 106 Å². The van der Waals surface area contributed by atoms with Crippen LogP contribution < -0.4 is 0 Å². The van der Waals surface area contributed by atoms with Gasteiger partial charge >= 0.3 is 11.9 Å². The first-order chi connectivity index (χ1) is 16.2. The standard InChI is InChI=1S/C30H44O5/c1-18(25(32)33)8-7-9-19(26(34)35)20-12-16-30(6)22-10-11-23-27(2,3)24(31)14-15-28(23,4)21(22)13-17-29(20,30)5/h8,19-20,23H,7,9-17H2,1-6H3,(H,32,33)(H,34,35). The molecule has 5 nitrogen and oxygen atoms in total. The second kappa shape index (κ2) is 8.59. The molecular formula is C30H44O5. The molecule has 0 saturated heterocycles. The van der Waals surface area contributed by atoms with E-state index in [0.717, 1.165) is 44.9 Å². The maximum Gasteiger partial charge on any atom is 0.330 e. The zero-order chi connectivity index (χ0) is 26.0. The Hall–Kier alpha value is -1.91. The molecule has 0 amide bonds. The Balaban J connectivity index is 1.66. The Kier molecular flexibility index (Phi) is 6.42. The van der Waals surface area contributed by atoms with Crippen LogP contribution in [0.5, 0.6) is 0 Å². The SMILES string of the molecule is CC(=CCCC(C(=O)O)C1CCC2(C)C3=C(CCC12C)C1(C)CCC(=O)C(C)(C)C1CC3)C(=O)O. The van der Waals surface area contributed by atoms with Crippen molar-refractivity contribution >= 4 is 17.7 Å². The van der Waals surface area contributed by atoms with E-state index in [9.17, 15) is 19.5 Å². The van der Waals surface area contributed by atoms with Crippen molar-refractivity contribution in [2.75, 3.05) is 0 Å². The summed E-state index contributed by atoms with van der Waals surface area (Å²) in [7, 11) is 0. The number of carbonyl (C=O) groups is 3. The fourth-order valence-corrected chi connectivity index (χ4v) is 9.24. The molecule has 2 saturated carbocycles. The number of carbonyl (C=O) groups excluding carboxylic acids is 1. The summed E-state index contributed by atoms with van der Waals surface area (Å²) in [6, 6.07) is 0. The number of fused-ring (bicyclic) bond motifs is 4. The summed E-state index contributed by atoms with van der Waals surface area (Å²) in [4.78, 5) is 36.4. The van der Waals surface area contributed by atoms with Crippen molar-refractivity contribution in [2.24, 2.45) is 39.4 Å². The first kappa shape index (κ1) is 26.2. The van der Waals surface area contributed by atoms with Gasteiger partial charge in [0.1, 0.15) is 5.78 Å². The molecule has 2 fully saturated rings. The lowest BCUT2D eigenvalue weighted by atomic mass is 9.43. The minimum absolute atomic E-state index is 0.00858. The number of aliphatic carboxylic acids is 2. The van der Waals surface area contributed by atoms with E-state index in [1.54, 1.807) is 24.1 Å². The predicted octanol–water partition coefficient (Wildman–Crippen LogP) is 6.82. The van der Waals surface area contributed by atoms with Crippen LogP contribution in [-0.2, 0) is 14.4 Å². The van der Waals surface area contributed by atoms with Crippen LogP contribution in [-0.4, -0.2) is 27.9 Å². The van der Waals surface area contributed by atoms with Gasteiger partial charge in [0.2, 0.25) is 0 Å². The first-order valence-corrected chi connectivity index (χ1v) is 13.6. The Morgan fingerprint density at radius 2 is 1.66 bits per heavy atom. The van der Waals surface area contributed by atoms with E-state index in [1.807, 2.05) is 0 Å². The molecule has 6 atom stereocenters. The quantitative estimate of drug-likeness (QED) is 0.319. The number of carboxylic acid groups (broad SMARTS) is 2. The minimum atomic E-state index is -0.944. The minimum Gasteiger partial charge on any atom is -0.481 e. The van der Waals surface area contributed by atoms with Crippen molar-refractivity contribution in [3.63, 3.8) is 0 Å². The molecule has 0 aromatic heterocycles. The van der Waals surface area contributed by atoms with Crippen molar-refractivity contribution < 1.29 is 24.6 Å². The molecule has 0 spiro atoms. The predicted molar refractivity (Wildman–Crippen MR) is 136 cm³/mol. The lowest BCUT2D eigenvalue weighted by molar-refractivity contribution is -0.146. The van der Waals surface area contributed by atoms with Gasteiger partial charge < -0.3 is 10.2 Å². The van der Waals surface area contributed by atoms with Gasteiger partial charge in [-0.3, -0.25) is 9.59 Å². The van der Waals surface area contributed by atoms with Crippen LogP contribution in [0.1, 0.15) is 106 Å². The molecule has 0 heterocycles. The van der Waals surface area contributed by atoms with Gasteiger partial charge in [0, 0.05) is 17.4 Å². The molecule has 0 bridgehead atoms. The van der Waals surface area contributed by atoms with Gasteiger partial charge in [-0.1, -0.05) is 51.8 Å². The van der Waals surface area contributed by atoms with E-state index in [1.165, 1.54) is 0 Å². The van der Waals surface area contributed by atoms with Crippen molar-refractivity contribution in [1.29, 1.82) is 0 Å². The normalized spacial score (nSPS) is 39.5. The maximum atomic E-state index is 12.8. The second-order valence-electron chi connectivity index (χ2n) is 13.2. The largest absolute Gasteiger partial charge is 0.481 e. The summed E-state index contributed by atoms with van der Waals surface area (Å²) in [5, 5.41) is 19.4. The number of carboxylic acids is 2. The molecule has 0 aromatic carbocycles. The van der Waals surface area contributed by atoms with Crippen LogP contribution in [0.15, 0.2) is 22.8 Å². The summed E-state index contributed by atoms with van der Waals surface area (Å²) in [5.74, 6) is -1.26. The number of Topliss-reactive ketones (excluding diaryl/α,β-unsaturated/α-hetero) is 1. The summed E-state index contributed by atoms with van der Waals surface area (Å²) in [6.45, 7) is 13.0. The third kappa shape index (κ3) is 3.74. The summed E-state index contributed by atoms with van der Waals surface area (Å²) in [6.07, 6.45) is 10.3. The molecule has 2 N–H and O–H groups in total. The molecule has 4 rings (SSSR count). The van der Waals surface area contributed by atoms with E-state index < -0.39 is 17.9 Å². The fraction of sp³-hybridized carbons (Fsp3) is 0.767. The maximum absolute atomic E-state index is 12.8. The summed E-state index contributed by atoms with van der Waals surface area (Å²) in [5.41, 5.74) is 3.17. The van der Waals surface area contributed by atoms with Crippen LogP contribution in [0.2, 0.25) is 0 Å². The molecule has 0 aliphatic heterocycles. The molecule has 0 radical (unpaired) electrons. The van der Waals surface area contributed by atoms with Gasteiger partial charge in [-0.05, 0) is 92.8 Å². The number of hydrogen-bond acceptors (Lipinski definition) is 3. The molecule has 194 valence electrons. The van der Waals surface area contributed by atoms with Crippen molar-refractivity contribution in [1.82, 2.24) is 0 Å². The second-order valence-corrected chi connectivity index (χ2v) is 13.2. The van der Waals surface area contributed by atoms with Crippen molar-refractivity contribution in [3.8, 4) is 0 Å². The highest BCUT2D eigenvalue weighted by Crippen LogP contribution is 2.72. The summed E-state index contributed by atoms with van der Waals surface area (Å²) >= 11 is 0. The topological polar surface area (TPSA) is 91.7 Å². The van der Waals surface area contributed by atoms with E-state index >= 15 is 0 Å². The monoisotopic (exact) mass is 484 g/mol. The number of ketones is 1. The number of allylic oxidation sites excluding steroid dienone is 3. The zero-order valence-corrected chi connectivity index (χ0v) is 22.5. The van der Waals surface area contributed by atoms with Crippen molar-refractivity contribution in [3.05, 3.63) is 22.8 Å². The molecule has 5 heteroatoms. The lowest BCUT2D eigenvalue weighted by Gasteiger charge is -2.60. The Bertz CT molecular complexity index is 1000. The van der Waals surface area contributed by atoms with Gasteiger partial charge in [-0.15, -0.1) is 0 Å². The fourth-order valence-electron chi connectivity index (χ4n) is 9.24. The average molecular weight is 485 g/mol. The third-order valence-corrected chi connectivity index (χ3v) is 11.6. The van der Waals surface area contributed by atoms with Crippen LogP contribution in [0.4, 0.5) is 0 Å². The highest BCUT2D eigenvalue weighted by atomic mass is 16.4. The Morgan fingerprint density at radius 3 is 2.29 bits per heavy atom. The third-order valence-electron chi connectivity index (χ3n) is 11.6. The van der Waals surface area contributed by atoms with Crippen LogP contribution >= 0.6 is 0 Å². The zero-order valence-electron chi connectivity index (χ0n) is 22.5. The van der Waals surface area contributed by atoms with E-state index in [-0.39, 0.29) is 33.2 Å². The molecule has 4 aliphatic rings. The van der Waals surface area contributed by atoms with E-state index in [0.29, 0.717) is 31.0 Å². The highest BCUT2D eigenvalue weighted by Gasteiger charge is 2.64. The van der Waals surface area contributed by atoms with Gasteiger partial charge in [0.05, 0.1) is 5.92 Å². The molecule has 4 aliphatic carbocycles. The average Bonchev–Trinajstić information content (AvgIpc) is 3.05.